The highest BCUT2D eigenvalue weighted by atomic mass is 16.1. The number of aldehydes is 1. The fourth-order valence-electron chi connectivity index (χ4n) is 2.27. The third kappa shape index (κ3) is 1.88. The molecule has 3 nitrogen and oxygen atoms in total. The maximum atomic E-state index is 10.8. The Morgan fingerprint density at radius 1 is 1.12 bits per heavy atom. The molecule has 0 amide bonds. The maximum absolute atomic E-state index is 10.8. The number of hydrogen-bond acceptors (Lipinski definition) is 2. The molecule has 2 rings (SSSR count). The molecule has 88 valence electrons. The van der Waals surface area contributed by atoms with E-state index in [2.05, 4.69) is 38.0 Å². The van der Waals surface area contributed by atoms with Gasteiger partial charge in [0.15, 0.2) is 6.29 Å². The van der Waals surface area contributed by atoms with Gasteiger partial charge in [-0.05, 0) is 38.8 Å². The van der Waals surface area contributed by atoms with E-state index in [0.717, 1.165) is 17.7 Å². The van der Waals surface area contributed by atoms with Crippen molar-refractivity contribution >= 4 is 6.29 Å². The molecule has 0 bridgehead atoms. The predicted octanol–water partition coefficient (Wildman–Crippen LogP) is 2.92. The van der Waals surface area contributed by atoms with Crippen LogP contribution in [0.15, 0.2) is 18.3 Å². The van der Waals surface area contributed by atoms with Crippen LogP contribution >= 0.6 is 0 Å². The lowest BCUT2D eigenvalue weighted by Crippen LogP contribution is -2.04. The molecule has 17 heavy (non-hydrogen) atoms. The summed E-state index contributed by atoms with van der Waals surface area (Å²) in [6.07, 6.45) is 2.46. The van der Waals surface area contributed by atoms with Gasteiger partial charge in [-0.15, -0.1) is 0 Å². The molecule has 0 saturated heterocycles. The number of rotatable bonds is 2. The third-order valence-corrected chi connectivity index (χ3v) is 3.02. The molecule has 0 saturated carbocycles. The quantitative estimate of drug-likeness (QED) is 0.741. The van der Waals surface area contributed by atoms with Crippen LogP contribution in [0.3, 0.4) is 0 Å². The summed E-state index contributed by atoms with van der Waals surface area (Å²) in [6, 6.07) is 4.26. The van der Waals surface area contributed by atoms with Gasteiger partial charge >= 0.3 is 0 Å². The van der Waals surface area contributed by atoms with Crippen molar-refractivity contribution in [3.63, 3.8) is 0 Å². The zero-order valence-corrected chi connectivity index (χ0v) is 10.6. The first-order valence-corrected chi connectivity index (χ1v) is 5.62. The summed E-state index contributed by atoms with van der Waals surface area (Å²) < 4.78 is 1.84. The Kier molecular flexibility index (Phi) is 2.84. The number of aromatic nitrogens is 2. The van der Waals surface area contributed by atoms with Crippen LogP contribution in [-0.4, -0.2) is 16.1 Å². The summed E-state index contributed by atoms with van der Waals surface area (Å²) in [5.74, 6) is 0. The number of nitrogens with zero attached hydrogens (tertiary/aromatic N) is 2. The number of benzene rings is 1. The van der Waals surface area contributed by atoms with Crippen LogP contribution in [0.5, 0.6) is 0 Å². The van der Waals surface area contributed by atoms with Crippen LogP contribution in [0.4, 0.5) is 0 Å². The van der Waals surface area contributed by atoms with Crippen molar-refractivity contribution in [3.8, 4) is 5.69 Å². The molecule has 0 aliphatic carbocycles. The molecule has 1 heterocycles. The summed E-state index contributed by atoms with van der Waals surface area (Å²) >= 11 is 0. The SMILES string of the molecule is Cc1cc(C)c(-n2ncc(C=O)c2C)c(C)c1. The number of hydrogen-bond donors (Lipinski definition) is 0. The molecule has 0 aliphatic rings. The molecule has 0 N–H and O–H groups in total. The van der Waals surface area contributed by atoms with Crippen LogP contribution in [0.2, 0.25) is 0 Å². The Bertz CT molecular complexity index is 559. The first-order valence-electron chi connectivity index (χ1n) is 5.62. The van der Waals surface area contributed by atoms with Gasteiger partial charge in [-0.2, -0.15) is 5.10 Å². The standard InChI is InChI=1S/C14H16N2O/c1-9-5-10(2)14(11(3)6-9)16-12(4)13(8-17)7-15-16/h5-8H,1-4H3. The van der Waals surface area contributed by atoms with E-state index in [1.54, 1.807) is 6.20 Å². The van der Waals surface area contributed by atoms with Gasteiger partial charge < -0.3 is 0 Å². The molecule has 0 radical (unpaired) electrons. The van der Waals surface area contributed by atoms with Crippen LogP contribution < -0.4 is 0 Å². The Balaban J connectivity index is 2.68. The fourth-order valence-corrected chi connectivity index (χ4v) is 2.27. The molecule has 0 spiro atoms. The van der Waals surface area contributed by atoms with Crippen molar-refractivity contribution in [3.05, 3.63) is 46.3 Å². The van der Waals surface area contributed by atoms with Gasteiger partial charge in [-0.25, -0.2) is 4.68 Å². The molecular weight excluding hydrogens is 212 g/mol. The average molecular weight is 228 g/mol. The molecule has 2 aromatic rings. The van der Waals surface area contributed by atoms with E-state index in [-0.39, 0.29) is 0 Å². The lowest BCUT2D eigenvalue weighted by Gasteiger charge is -2.13. The van der Waals surface area contributed by atoms with Crippen LogP contribution in [0.1, 0.15) is 32.7 Å². The van der Waals surface area contributed by atoms with Gasteiger partial charge in [0.1, 0.15) is 0 Å². The highest BCUT2D eigenvalue weighted by Crippen LogP contribution is 2.22. The van der Waals surface area contributed by atoms with Gasteiger partial charge in [0.2, 0.25) is 0 Å². The smallest absolute Gasteiger partial charge is 0.153 e. The Morgan fingerprint density at radius 3 is 2.18 bits per heavy atom. The Labute approximate surface area is 101 Å². The Hall–Kier alpha value is -1.90. The van der Waals surface area contributed by atoms with Crippen molar-refractivity contribution in [1.29, 1.82) is 0 Å². The molecule has 1 aromatic carbocycles. The van der Waals surface area contributed by atoms with Gasteiger partial charge in [-0.3, -0.25) is 4.79 Å². The second-order valence-corrected chi connectivity index (χ2v) is 4.46. The summed E-state index contributed by atoms with van der Waals surface area (Å²) in [7, 11) is 0. The minimum absolute atomic E-state index is 0.643. The van der Waals surface area contributed by atoms with E-state index >= 15 is 0 Å². The molecule has 0 aliphatic heterocycles. The zero-order valence-electron chi connectivity index (χ0n) is 10.6. The van der Waals surface area contributed by atoms with Gasteiger partial charge in [0, 0.05) is 0 Å². The zero-order chi connectivity index (χ0) is 12.6. The number of carbonyl (C=O) groups excluding carboxylic acids is 1. The molecular formula is C14H16N2O. The highest BCUT2D eigenvalue weighted by Gasteiger charge is 2.11. The van der Waals surface area contributed by atoms with E-state index < -0.39 is 0 Å². The molecule has 1 aromatic heterocycles. The van der Waals surface area contributed by atoms with Crippen LogP contribution in [0, 0.1) is 27.7 Å². The van der Waals surface area contributed by atoms with Crippen LogP contribution in [0.25, 0.3) is 5.69 Å². The normalized spacial score (nSPS) is 10.6. The monoisotopic (exact) mass is 228 g/mol. The minimum atomic E-state index is 0.643. The predicted molar refractivity (Wildman–Crippen MR) is 67.9 cm³/mol. The summed E-state index contributed by atoms with van der Waals surface area (Å²) in [5, 5.41) is 4.29. The second kappa shape index (κ2) is 4.17. The first kappa shape index (κ1) is 11.6. The van der Waals surface area contributed by atoms with E-state index in [9.17, 15) is 4.79 Å². The second-order valence-electron chi connectivity index (χ2n) is 4.46. The van der Waals surface area contributed by atoms with E-state index in [1.807, 2.05) is 11.6 Å². The lowest BCUT2D eigenvalue weighted by atomic mass is 10.1. The van der Waals surface area contributed by atoms with E-state index in [0.29, 0.717) is 5.56 Å². The average Bonchev–Trinajstić information content (AvgIpc) is 2.59. The fraction of sp³-hybridized carbons (Fsp3) is 0.286. The lowest BCUT2D eigenvalue weighted by molar-refractivity contribution is 0.112. The molecule has 0 atom stereocenters. The highest BCUT2D eigenvalue weighted by molar-refractivity contribution is 5.76. The van der Waals surface area contributed by atoms with Gasteiger partial charge in [-0.1, -0.05) is 17.7 Å². The largest absolute Gasteiger partial charge is 0.298 e. The third-order valence-electron chi connectivity index (χ3n) is 3.02. The summed E-state index contributed by atoms with van der Waals surface area (Å²) in [6.45, 7) is 8.13. The molecule has 0 fully saturated rings. The van der Waals surface area contributed by atoms with Gasteiger partial charge in [0.25, 0.3) is 0 Å². The first-order chi connectivity index (χ1) is 8.04. The Morgan fingerprint density at radius 2 is 1.71 bits per heavy atom. The van der Waals surface area contributed by atoms with Crippen molar-refractivity contribution in [2.24, 2.45) is 0 Å². The van der Waals surface area contributed by atoms with Crippen molar-refractivity contribution in [1.82, 2.24) is 9.78 Å². The van der Waals surface area contributed by atoms with Crippen molar-refractivity contribution < 1.29 is 4.79 Å². The number of carbonyl (C=O) groups is 1. The van der Waals surface area contributed by atoms with Gasteiger partial charge in [0.05, 0.1) is 23.1 Å². The summed E-state index contributed by atoms with van der Waals surface area (Å²) in [5.41, 5.74) is 6.18. The minimum Gasteiger partial charge on any atom is -0.298 e. The molecule has 0 unspecified atom stereocenters. The molecule has 3 heteroatoms. The van der Waals surface area contributed by atoms with Crippen LogP contribution in [-0.2, 0) is 0 Å². The van der Waals surface area contributed by atoms with Crippen molar-refractivity contribution in [2.45, 2.75) is 27.7 Å². The summed E-state index contributed by atoms with van der Waals surface area (Å²) in [4.78, 5) is 10.8. The van der Waals surface area contributed by atoms with E-state index in [1.165, 1.54) is 16.7 Å². The topological polar surface area (TPSA) is 34.9 Å². The maximum Gasteiger partial charge on any atom is 0.153 e. The number of aryl methyl sites for hydroxylation is 3. The van der Waals surface area contributed by atoms with E-state index in [4.69, 9.17) is 0 Å². The van der Waals surface area contributed by atoms with Crippen molar-refractivity contribution in [2.75, 3.05) is 0 Å².